The Morgan fingerprint density at radius 2 is 2.00 bits per heavy atom. The minimum atomic E-state index is 0.395. The van der Waals surface area contributed by atoms with Crippen LogP contribution in [-0.4, -0.2) is 19.3 Å². The topological polar surface area (TPSA) is 30.5 Å². The Hall–Kier alpha value is -1.38. The predicted molar refractivity (Wildman–Crippen MR) is 56.2 cm³/mol. The van der Waals surface area contributed by atoms with E-state index in [0.717, 1.165) is 17.2 Å². The SMILES string of the molecule is CC(C)Nc1cccc2c1OCCO2. The van der Waals surface area contributed by atoms with Gasteiger partial charge in [0.1, 0.15) is 13.2 Å². The second-order valence-corrected chi connectivity index (χ2v) is 3.63. The van der Waals surface area contributed by atoms with E-state index in [1.807, 2.05) is 18.2 Å². The summed E-state index contributed by atoms with van der Waals surface area (Å²) in [4.78, 5) is 0. The Kier molecular flexibility index (Phi) is 2.48. The molecule has 0 bridgehead atoms. The first-order valence-corrected chi connectivity index (χ1v) is 4.92. The molecule has 0 unspecified atom stereocenters. The lowest BCUT2D eigenvalue weighted by Crippen LogP contribution is -2.18. The third-order valence-corrected chi connectivity index (χ3v) is 2.01. The van der Waals surface area contributed by atoms with Crippen LogP contribution in [0.15, 0.2) is 18.2 Å². The number of ether oxygens (including phenoxy) is 2. The minimum Gasteiger partial charge on any atom is -0.486 e. The van der Waals surface area contributed by atoms with Gasteiger partial charge in [0.05, 0.1) is 5.69 Å². The van der Waals surface area contributed by atoms with Gasteiger partial charge >= 0.3 is 0 Å². The second-order valence-electron chi connectivity index (χ2n) is 3.63. The molecule has 3 nitrogen and oxygen atoms in total. The summed E-state index contributed by atoms with van der Waals surface area (Å²) in [6.45, 7) is 5.47. The van der Waals surface area contributed by atoms with Crippen LogP contribution in [0.3, 0.4) is 0 Å². The van der Waals surface area contributed by atoms with Crippen LogP contribution in [0, 0.1) is 0 Å². The van der Waals surface area contributed by atoms with Crippen molar-refractivity contribution in [3.63, 3.8) is 0 Å². The number of para-hydroxylation sites is 1. The summed E-state index contributed by atoms with van der Waals surface area (Å²) in [6.07, 6.45) is 0. The predicted octanol–water partition coefficient (Wildman–Crippen LogP) is 2.28. The van der Waals surface area contributed by atoms with Gasteiger partial charge in [0.15, 0.2) is 11.5 Å². The molecule has 0 atom stereocenters. The van der Waals surface area contributed by atoms with Gasteiger partial charge in [-0.05, 0) is 26.0 Å². The van der Waals surface area contributed by atoms with Crippen molar-refractivity contribution < 1.29 is 9.47 Å². The zero-order valence-corrected chi connectivity index (χ0v) is 8.54. The number of fused-ring (bicyclic) bond motifs is 1. The van der Waals surface area contributed by atoms with Gasteiger partial charge in [0, 0.05) is 6.04 Å². The average molecular weight is 193 g/mol. The molecule has 0 spiro atoms. The molecular formula is C11H15NO2. The van der Waals surface area contributed by atoms with Crippen molar-refractivity contribution in [2.45, 2.75) is 19.9 Å². The zero-order valence-electron chi connectivity index (χ0n) is 8.54. The molecule has 0 aliphatic carbocycles. The van der Waals surface area contributed by atoms with Crippen LogP contribution in [0.2, 0.25) is 0 Å². The Morgan fingerprint density at radius 1 is 1.21 bits per heavy atom. The van der Waals surface area contributed by atoms with Crippen LogP contribution in [0.1, 0.15) is 13.8 Å². The summed E-state index contributed by atoms with van der Waals surface area (Å²) in [5, 5.41) is 3.33. The minimum absolute atomic E-state index is 0.395. The van der Waals surface area contributed by atoms with Crippen LogP contribution in [-0.2, 0) is 0 Å². The normalized spacial score (nSPS) is 14.2. The zero-order chi connectivity index (χ0) is 9.97. The van der Waals surface area contributed by atoms with Gasteiger partial charge in [-0.25, -0.2) is 0 Å². The monoisotopic (exact) mass is 193 g/mol. The summed E-state index contributed by atoms with van der Waals surface area (Å²) in [7, 11) is 0. The molecule has 1 aromatic rings. The molecule has 0 amide bonds. The first-order valence-electron chi connectivity index (χ1n) is 4.92. The average Bonchev–Trinajstić information content (AvgIpc) is 2.18. The highest BCUT2D eigenvalue weighted by Crippen LogP contribution is 2.37. The fourth-order valence-electron chi connectivity index (χ4n) is 1.50. The highest BCUT2D eigenvalue weighted by atomic mass is 16.6. The molecule has 1 aliphatic rings. The smallest absolute Gasteiger partial charge is 0.184 e. The van der Waals surface area contributed by atoms with E-state index >= 15 is 0 Å². The number of rotatable bonds is 2. The number of anilines is 1. The molecule has 1 N–H and O–H groups in total. The van der Waals surface area contributed by atoms with Gasteiger partial charge in [-0.2, -0.15) is 0 Å². The third-order valence-electron chi connectivity index (χ3n) is 2.01. The maximum Gasteiger partial charge on any atom is 0.184 e. The van der Waals surface area contributed by atoms with E-state index in [1.165, 1.54) is 0 Å². The number of nitrogens with one attached hydrogen (secondary N) is 1. The van der Waals surface area contributed by atoms with Gasteiger partial charge in [0.25, 0.3) is 0 Å². The van der Waals surface area contributed by atoms with Crippen molar-refractivity contribution in [3.8, 4) is 11.5 Å². The molecule has 1 heterocycles. The first kappa shape index (κ1) is 9.19. The summed E-state index contributed by atoms with van der Waals surface area (Å²) in [5.74, 6) is 1.68. The Balaban J connectivity index is 2.30. The molecule has 0 aromatic heterocycles. The van der Waals surface area contributed by atoms with Crippen LogP contribution in [0.4, 0.5) is 5.69 Å². The maximum atomic E-state index is 5.57. The van der Waals surface area contributed by atoms with Crippen molar-refractivity contribution in [2.24, 2.45) is 0 Å². The Labute approximate surface area is 84.0 Å². The van der Waals surface area contributed by atoms with E-state index in [1.54, 1.807) is 0 Å². The fraction of sp³-hybridized carbons (Fsp3) is 0.455. The van der Waals surface area contributed by atoms with Crippen LogP contribution >= 0.6 is 0 Å². The molecule has 76 valence electrons. The van der Waals surface area contributed by atoms with Gasteiger partial charge < -0.3 is 14.8 Å². The highest BCUT2D eigenvalue weighted by molar-refractivity contribution is 5.63. The molecule has 0 saturated carbocycles. The Bertz CT molecular complexity index is 323. The van der Waals surface area contributed by atoms with E-state index in [4.69, 9.17) is 9.47 Å². The largest absolute Gasteiger partial charge is 0.486 e. The molecule has 0 saturated heterocycles. The quantitative estimate of drug-likeness (QED) is 0.781. The highest BCUT2D eigenvalue weighted by Gasteiger charge is 2.15. The lowest BCUT2D eigenvalue weighted by molar-refractivity contribution is 0.172. The Morgan fingerprint density at radius 3 is 2.79 bits per heavy atom. The van der Waals surface area contributed by atoms with E-state index in [2.05, 4.69) is 19.2 Å². The number of benzene rings is 1. The molecule has 14 heavy (non-hydrogen) atoms. The van der Waals surface area contributed by atoms with Crippen molar-refractivity contribution in [1.82, 2.24) is 0 Å². The summed E-state index contributed by atoms with van der Waals surface area (Å²) >= 11 is 0. The summed E-state index contributed by atoms with van der Waals surface area (Å²) in [6, 6.07) is 6.30. The molecule has 0 radical (unpaired) electrons. The van der Waals surface area contributed by atoms with E-state index < -0.39 is 0 Å². The molecule has 1 aliphatic heterocycles. The fourth-order valence-corrected chi connectivity index (χ4v) is 1.50. The maximum absolute atomic E-state index is 5.57. The lowest BCUT2D eigenvalue weighted by atomic mass is 10.2. The number of hydrogen-bond donors (Lipinski definition) is 1. The molecule has 1 aromatic carbocycles. The number of hydrogen-bond acceptors (Lipinski definition) is 3. The van der Waals surface area contributed by atoms with E-state index in [-0.39, 0.29) is 0 Å². The first-order chi connectivity index (χ1) is 6.77. The molecule has 2 rings (SSSR count). The van der Waals surface area contributed by atoms with Crippen molar-refractivity contribution in [3.05, 3.63) is 18.2 Å². The van der Waals surface area contributed by atoms with Crippen molar-refractivity contribution in [2.75, 3.05) is 18.5 Å². The van der Waals surface area contributed by atoms with Gasteiger partial charge in [-0.3, -0.25) is 0 Å². The molecule has 3 heteroatoms. The van der Waals surface area contributed by atoms with E-state index in [0.29, 0.717) is 19.3 Å². The van der Waals surface area contributed by atoms with Crippen LogP contribution in [0.5, 0.6) is 11.5 Å². The third kappa shape index (κ3) is 1.76. The van der Waals surface area contributed by atoms with Gasteiger partial charge in [-0.15, -0.1) is 0 Å². The van der Waals surface area contributed by atoms with Gasteiger partial charge in [-0.1, -0.05) is 6.07 Å². The van der Waals surface area contributed by atoms with Crippen molar-refractivity contribution >= 4 is 5.69 Å². The molecule has 0 fully saturated rings. The second kappa shape index (κ2) is 3.78. The van der Waals surface area contributed by atoms with Gasteiger partial charge in [0.2, 0.25) is 0 Å². The van der Waals surface area contributed by atoms with E-state index in [9.17, 15) is 0 Å². The molecular weight excluding hydrogens is 178 g/mol. The van der Waals surface area contributed by atoms with Crippen molar-refractivity contribution in [1.29, 1.82) is 0 Å². The summed E-state index contributed by atoms with van der Waals surface area (Å²) < 4.78 is 11.0. The lowest BCUT2D eigenvalue weighted by Gasteiger charge is -2.22. The van der Waals surface area contributed by atoms with Crippen LogP contribution < -0.4 is 14.8 Å². The summed E-state index contributed by atoms with van der Waals surface area (Å²) in [5.41, 5.74) is 1.01. The van der Waals surface area contributed by atoms with Crippen LogP contribution in [0.25, 0.3) is 0 Å². The standard InChI is InChI=1S/C11H15NO2/c1-8(2)12-9-4-3-5-10-11(9)14-7-6-13-10/h3-5,8,12H,6-7H2,1-2H3.